The summed E-state index contributed by atoms with van der Waals surface area (Å²) in [7, 11) is 0. The van der Waals surface area contributed by atoms with Gasteiger partial charge >= 0.3 is 0 Å². The van der Waals surface area contributed by atoms with Crippen molar-refractivity contribution in [3.05, 3.63) is 0 Å². The van der Waals surface area contributed by atoms with Crippen LogP contribution in [-0.2, 0) is 0 Å². The van der Waals surface area contributed by atoms with Gasteiger partial charge in [-0.3, -0.25) is 0 Å². The molecule has 0 aromatic carbocycles. The number of hydrogen-bond donors (Lipinski definition) is 2. The van der Waals surface area contributed by atoms with Gasteiger partial charge in [0.1, 0.15) is 0 Å². The molecule has 0 aromatic rings. The second-order valence-corrected chi connectivity index (χ2v) is 4.78. The molecule has 1 fully saturated rings. The maximum Gasteiger partial charge on any atom is 0.261 e. The van der Waals surface area contributed by atoms with Crippen LogP contribution in [0.3, 0.4) is 0 Å². The fourth-order valence-electron chi connectivity index (χ4n) is 1.65. The lowest BCUT2D eigenvalue weighted by Gasteiger charge is -2.35. The number of nitrogens with one attached hydrogen (secondary N) is 2. The van der Waals surface area contributed by atoms with Gasteiger partial charge in [0, 0.05) is 24.5 Å². The van der Waals surface area contributed by atoms with Crippen molar-refractivity contribution in [3.63, 3.8) is 0 Å². The predicted octanol–water partition coefficient (Wildman–Crippen LogP) is 1.37. The minimum absolute atomic E-state index is 0.0583. The van der Waals surface area contributed by atoms with E-state index in [1.54, 1.807) is 0 Å². The minimum atomic E-state index is -2.55. The van der Waals surface area contributed by atoms with E-state index in [-0.39, 0.29) is 24.5 Å². The summed E-state index contributed by atoms with van der Waals surface area (Å²) in [6.07, 6.45) is -0.0583. The van der Waals surface area contributed by atoms with E-state index in [0.717, 1.165) is 0 Å². The lowest BCUT2D eigenvalue weighted by atomic mass is 10.00. The Bertz CT molecular complexity index is 173. The fraction of sp³-hybridized carbons (Fsp3) is 1.00. The van der Waals surface area contributed by atoms with Crippen molar-refractivity contribution in [1.29, 1.82) is 0 Å². The van der Waals surface area contributed by atoms with Crippen molar-refractivity contribution in [1.82, 2.24) is 10.6 Å². The molecule has 1 heterocycles. The van der Waals surface area contributed by atoms with Crippen LogP contribution in [0.4, 0.5) is 8.78 Å². The zero-order chi connectivity index (χ0) is 10.1. The zero-order valence-corrected chi connectivity index (χ0v) is 8.45. The highest BCUT2D eigenvalue weighted by atomic mass is 19.3. The quantitative estimate of drug-likeness (QED) is 0.655. The Morgan fingerprint density at radius 1 is 1.38 bits per heavy atom. The van der Waals surface area contributed by atoms with Crippen LogP contribution in [0.5, 0.6) is 0 Å². The highest BCUT2D eigenvalue weighted by Gasteiger charge is 2.37. The van der Waals surface area contributed by atoms with Crippen molar-refractivity contribution < 1.29 is 8.78 Å². The molecule has 0 unspecified atom stereocenters. The van der Waals surface area contributed by atoms with Gasteiger partial charge in [0.25, 0.3) is 5.92 Å². The number of piperidine rings is 1. The van der Waals surface area contributed by atoms with Crippen molar-refractivity contribution >= 4 is 0 Å². The first-order valence-corrected chi connectivity index (χ1v) is 4.65. The highest BCUT2D eigenvalue weighted by molar-refractivity contribution is 4.89. The first-order chi connectivity index (χ1) is 5.79. The normalized spacial score (nSPS) is 28.8. The molecule has 1 saturated heterocycles. The first-order valence-electron chi connectivity index (χ1n) is 4.65. The molecular weight excluding hydrogens is 174 g/mol. The molecule has 0 bridgehead atoms. The first kappa shape index (κ1) is 10.9. The maximum absolute atomic E-state index is 12.9. The molecule has 1 atom stereocenters. The van der Waals surface area contributed by atoms with Gasteiger partial charge < -0.3 is 10.6 Å². The van der Waals surface area contributed by atoms with Gasteiger partial charge in [-0.2, -0.15) is 0 Å². The van der Waals surface area contributed by atoms with E-state index in [1.807, 2.05) is 20.8 Å². The van der Waals surface area contributed by atoms with Crippen LogP contribution >= 0.6 is 0 Å². The average Bonchev–Trinajstić information content (AvgIpc) is 1.79. The monoisotopic (exact) mass is 192 g/mol. The summed E-state index contributed by atoms with van der Waals surface area (Å²) in [5, 5.41) is 5.91. The molecule has 78 valence electrons. The highest BCUT2D eigenvalue weighted by Crippen LogP contribution is 2.23. The smallest absolute Gasteiger partial charge is 0.261 e. The SMILES string of the molecule is CC(C)(C)N[C@H]1CNCC(F)(F)C1. The number of hydrogen-bond acceptors (Lipinski definition) is 2. The van der Waals surface area contributed by atoms with E-state index < -0.39 is 5.92 Å². The predicted molar refractivity (Wildman–Crippen MR) is 49.1 cm³/mol. The van der Waals surface area contributed by atoms with Gasteiger partial charge in [-0.05, 0) is 20.8 Å². The van der Waals surface area contributed by atoms with Gasteiger partial charge in [0.15, 0.2) is 0 Å². The summed E-state index contributed by atoms with van der Waals surface area (Å²) in [5.74, 6) is -2.55. The van der Waals surface area contributed by atoms with Crippen LogP contribution < -0.4 is 10.6 Å². The van der Waals surface area contributed by atoms with Gasteiger partial charge in [-0.25, -0.2) is 8.78 Å². The number of alkyl halides is 2. The Morgan fingerprint density at radius 2 is 2.00 bits per heavy atom. The molecule has 0 amide bonds. The van der Waals surface area contributed by atoms with Crippen molar-refractivity contribution in [2.45, 2.75) is 44.7 Å². The van der Waals surface area contributed by atoms with Crippen LogP contribution in [0.2, 0.25) is 0 Å². The van der Waals surface area contributed by atoms with Crippen LogP contribution in [0.25, 0.3) is 0 Å². The molecule has 1 aliphatic rings. The van der Waals surface area contributed by atoms with Crippen molar-refractivity contribution in [3.8, 4) is 0 Å². The summed E-state index contributed by atoms with van der Waals surface area (Å²) in [4.78, 5) is 0. The largest absolute Gasteiger partial charge is 0.310 e. The third-order valence-corrected chi connectivity index (χ3v) is 1.96. The molecule has 13 heavy (non-hydrogen) atoms. The Hall–Kier alpha value is -0.220. The number of rotatable bonds is 1. The summed E-state index contributed by atoms with van der Waals surface area (Å²) >= 11 is 0. The average molecular weight is 192 g/mol. The molecule has 1 rings (SSSR count). The van der Waals surface area contributed by atoms with E-state index in [0.29, 0.717) is 6.54 Å². The van der Waals surface area contributed by atoms with Crippen LogP contribution in [0, 0.1) is 0 Å². The molecule has 0 spiro atoms. The number of halogens is 2. The molecule has 0 radical (unpaired) electrons. The molecule has 0 aliphatic carbocycles. The Labute approximate surface area is 78.1 Å². The lowest BCUT2D eigenvalue weighted by Crippen LogP contribution is -2.56. The van der Waals surface area contributed by atoms with E-state index in [1.165, 1.54) is 0 Å². The van der Waals surface area contributed by atoms with E-state index in [9.17, 15) is 8.78 Å². The minimum Gasteiger partial charge on any atom is -0.310 e. The van der Waals surface area contributed by atoms with Gasteiger partial charge in [-0.15, -0.1) is 0 Å². The second-order valence-electron chi connectivity index (χ2n) is 4.78. The zero-order valence-electron chi connectivity index (χ0n) is 8.45. The lowest BCUT2D eigenvalue weighted by molar-refractivity contribution is -0.0336. The second kappa shape index (κ2) is 3.50. The third kappa shape index (κ3) is 4.00. The molecule has 2 nitrogen and oxygen atoms in total. The Balaban J connectivity index is 2.44. The molecule has 1 aliphatic heterocycles. The fourth-order valence-corrected chi connectivity index (χ4v) is 1.65. The topological polar surface area (TPSA) is 24.1 Å². The molecule has 0 saturated carbocycles. The molecular formula is C9H18F2N2. The van der Waals surface area contributed by atoms with Crippen LogP contribution in [-0.4, -0.2) is 30.6 Å². The van der Waals surface area contributed by atoms with Crippen LogP contribution in [0.15, 0.2) is 0 Å². The van der Waals surface area contributed by atoms with Crippen molar-refractivity contribution in [2.24, 2.45) is 0 Å². The third-order valence-electron chi connectivity index (χ3n) is 1.96. The van der Waals surface area contributed by atoms with E-state index in [4.69, 9.17) is 0 Å². The Morgan fingerprint density at radius 3 is 2.46 bits per heavy atom. The summed E-state index contributed by atoms with van der Waals surface area (Å²) in [6.45, 7) is 6.40. The molecule has 0 aromatic heterocycles. The van der Waals surface area contributed by atoms with Gasteiger partial charge in [-0.1, -0.05) is 0 Å². The molecule has 2 N–H and O–H groups in total. The standard InChI is InChI=1S/C9H18F2N2/c1-8(2,3)13-7-4-9(10,11)6-12-5-7/h7,12-13H,4-6H2,1-3H3/t7-/m1/s1. The van der Waals surface area contributed by atoms with E-state index in [2.05, 4.69) is 10.6 Å². The maximum atomic E-state index is 12.9. The summed E-state index contributed by atoms with van der Waals surface area (Å²) < 4.78 is 25.9. The van der Waals surface area contributed by atoms with Crippen molar-refractivity contribution in [2.75, 3.05) is 13.1 Å². The summed E-state index contributed by atoms with van der Waals surface area (Å²) in [5.41, 5.74) is -0.0975. The van der Waals surface area contributed by atoms with Crippen LogP contribution in [0.1, 0.15) is 27.2 Å². The van der Waals surface area contributed by atoms with Gasteiger partial charge in [0.05, 0.1) is 6.54 Å². The Kier molecular flexibility index (Phi) is 2.92. The molecule has 4 heteroatoms. The summed E-state index contributed by atoms with van der Waals surface area (Å²) in [6, 6.07) is -0.122. The van der Waals surface area contributed by atoms with Gasteiger partial charge in [0.2, 0.25) is 0 Å². The van der Waals surface area contributed by atoms with E-state index >= 15 is 0 Å².